The Labute approximate surface area is 351 Å². The minimum Gasteiger partial charge on any atom is -0.256 e. The molecule has 0 atom stereocenters. The second kappa shape index (κ2) is 12.0. The number of fused-ring (bicyclic) bond motifs is 15. The van der Waals surface area contributed by atoms with E-state index in [4.69, 9.17) is 19.9 Å². The number of para-hydroxylation sites is 1. The van der Waals surface area contributed by atoms with Crippen molar-refractivity contribution in [3.05, 3.63) is 217 Å². The Balaban J connectivity index is 1.18. The Kier molecular flexibility index (Phi) is 6.46. The summed E-state index contributed by atoms with van der Waals surface area (Å²) in [4.78, 5) is 21.0. The fourth-order valence-corrected chi connectivity index (χ4v) is 11.2. The lowest BCUT2D eigenvalue weighted by Gasteiger charge is -2.31. The summed E-state index contributed by atoms with van der Waals surface area (Å²) in [7, 11) is 0. The van der Waals surface area contributed by atoms with E-state index in [0.717, 1.165) is 49.9 Å². The molecule has 0 bridgehead atoms. The van der Waals surface area contributed by atoms with Gasteiger partial charge in [0.1, 0.15) is 0 Å². The number of hydrogen-bond donors (Lipinski definition) is 0. The van der Waals surface area contributed by atoms with Crippen LogP contribution in [0.2, 0.25) is 0 Å². The number of pyridine rings is 2. The van der Waals surface area contributed by atoms with Crippen LogP contribution in [0.15, 0.2) is 194 Å². The summed E-state index contributed by atoms with van der Waals surface area (Å²) in [6.45, 7) is 0. The lowest BCUT2D eigenvalue weighted by Crippen LogP contribution is -2.26. The molecule has 61 heavy (non-hydrogen) atoms. The molecule has 11 aromatic rings. The van der Waals surface area contributed by atoms with Crippen molar-refractivity contribution in [2.75, 3.05) is 0 Å². The molecule has 4 heteroatoms. The van der Waals surface area contributed by atoms with E-state index in [1.807, 2.05) is 24.5 Å². The second-order valence-corrected chi connectivity index (χ2v) is 16.4. The zero-order valence-corrected chi connectivity index (χ0v) is 32.8. The van der Waals surface area contributed by atoms with Gasteiger partial charge in [-0.15, -0.1) is 0 Å². The van der Waals surface area contributed by atoms with Crippen LogP contribution in [-0.2, 0) is 5.41 Å². The molecule has 3 aliphatic rings. The van der Waals surface area contributed by atoms with Crippen molar-refractivity contribution in [1.82, 2.24) is 19.9 Å². The van der Waals surface area contributed by atoms with E-state index < -0.39 is 5.41 Å². The van der Waals surface area contributed by atoms with Gasteiger partial charge in [-0.3, -0.25) is 9.97 Å². The number of rotatable bonds is 3. The van der Waals surface area contributed by atoms with E-state index in [9.17, 15) is 0 Å². The van der Waals surface area contributed by atoms with Crippen LogP contribution < -0.4 is 0 Å². The molecule has 4 nitrogen and oxygen atoms in total. The van der Waals surface area contributed by atoms with Crippen LogP contribution in [0.25, 0.3) is 111 Å². The van der Waals surface area contributed by atoms with Gasteiger partial charge in [0.25, 0.3) is 0 Å². The van der Waals surface area contributed by atoms with Gasteiger partial charge in [-0.25, -0.2) is 9.97 Å². The zero-order chi connectivity index (χ0) is 39.8. The number of benzene rings is 8. The van der Waals surface area contributed by atoms with Crippen molar-refractivity contribution in [1.29, 1.82) is 0 Å². The lowest BCUT2D eigenvalue weighted by atomic mass is 9.70. The Morgan fingerprint density at radius 2 is 0.869 bits per heavy atom. The molecule has 280 valence electrons. The Morgan fingerprint density at radius 1 is 0.328 bits per heavy atom. The first-order chi connectivity index (χ1) is 30.3. The van der Waals surface area contributed by atoms with E-state index >= 15 is 0 Å². The van der Waals surface area contributed by atoms with E-state index in [1.165, 1.54) is 77.5 Å². The minimum absolute atomic E-state index is 0.547. The van der Waals surface area contributed by atoms with E-state index in [1.54, 1.807) is 0 Å². The summed E-state index contributed by atoms with van der Waals surface area (Å²) in [6.07, 6.45) is 3.75. The minimum atomic E-state index is -0.547. The molecule has 0 N–H and O–H groups in total. The maximum atomic E-state index is 5.73. The number of hydrogen-bond acceptors (Lipinski definition) is 4. The predicted molar refractivity (Wildman–Crippen MR) is 247 cm³/mol. The van der Waals surface area contributed by atoms with Crippen LogP contribution in [0.1, 0.15) is 22.3 Å². The van der Waals surface area contributed by atoms with Gasteiger partial charge in [-0.1, -0.05) is 146 Å². The smallest absolute Gasteiger partial charge is 0.161 e. The van der Waals surface area contributed by atoms with Gasteiger partial charge < -0.3 is 0 Å². The van der Waals surface area contributed by atoms with Gasteiger partial charge in [0.2, 0.25) is 0 Å². The average molecular weight is 773 g/mol. The van der Waals surface area contributed by atoms with Gasteiger partial charge in [0.15, 0.2) is 5.82 Å². The molecule has 0 saturated carbocycles. The predicted octanol–water partition coefficient (Wildman–Crippen LogP) is 13.7. The van der Waals surface area contributed by atoms with Crippen molar-refractivity contribution in [2.45, 2.75) is 5.41 Å². The van der Waals surface area contributed by atoms with E-state index in [-0.39, 0.29) is 0 Å². The highest BCUT2D eigenvalue weighted by Gasteiger charge is 2.53. The molecule has 3 aliphatic carbocycles. The third-order valence-electron chi connectivity index (χ3n) is 13.5. The largest absolute Gasteiger partial charge is 0.256 e. The summed E-state index contributed by atoms with van der Waals surface area (Å²) in [5, 5.41) is 4.59. The highest BCUT2D eigenvalue weighted by Crippen LogP contribution is 2.67. The van der Waals surface area contributed by atoms with Crippen LogP contribution in [-0.4, -0.2) is 19.9 Å². The van der Waals surface area contributed by atoms with E-state index in [0.29, 0.717) is 5.82 Å². The molecular weight excluding hydrogens is 741 g/mol. The SMILES string of the molecule is c1ccc2c(c1)-c1ccccc1C21c2ccccc2-c2c1cc1c(c2-c2nc(-c3cccc4ncccc34)cc(-c3ccnc4ccccc34)n2)-c2cccc3cccc-1c23. The Bertz CT molecular complexity index is 3570. The summed E-state index contributed by atoms with van der Waals surface area (Å²) < 4.78 is 0. The van der Waals surface area contributed by atoms with Crippen LogP contribution in [0.5, 0.6) is 0 Å². The van der Waals surface area contributed by atoms with Gasteiger partial charge >= 0.3 is 0 Å². The highest BCUT2D eigenvalue weighted by molar-refractivity contribution is 6.21. The van der Waals surface area contributed by atoms with Crippen molar-refractivity contribution < 1.29 is 0 Å². The molecule has 0 radical (unpaired) electrons. The van der Waals surface area contributed by atoms with Gasteiger partial charge in [-0.05, 0) is 108 Å². The molecule has 1 spiro atoms. The van der Waals surface area contributed by atoms with Crippen LogP contribution in [0.3, 0.4) is 0 Å². The van der Waals surface area contributed by atoms with Crippen LogP contribution >= 0.6 is 0 Å². The zero-order valence-electron chi connectivity index (χ0n) is 32.8. The standard InChI is InChI=1S/C57H32N4/c1-5-23-44-34(15-1)35-16-2-6-24-45(35)57(44)46-25-7-3-18-41(46)54-47(57)31-43-40-20-9-13-33-14-10-21-42(52(33)40)53(43)55(54)56-60-50(38-19-11-27-49-37(38)22-12-29-58-49)32-51(61-56)39-28-30-59-48-26-8-4-17-36(39)48/h1-32H. The van der Waals surface area contributed by atoms with Gasteiger partial charge in [-0.2, -0.15) is 0 Å². The first kappa shape index (κ1) is 32.8. The molecule has 0 aliphatic heterocycles. The van der Waals surface area contributed by atoms with Crippen LogP contribution in [0, 0.1) is 0 Å². The molecule has 0 saturated heterocycles. The molecule has 3 heterocycles. The first-order valence-corrected chi connectivity index (χ1v) is 20.9. The lowest BCUT2D eigenvalue weighted by molar-refractivity contribution is 0.794. The number of aromatic nitrogens is 4. The summed E-state index contributed by atoms with van der Waals surface area (Å²) >= 11 is 0. The highest BCUT2D eigenvalue weighted by atomic mass is 14.9. The Morgan fingerprint density at radius 3 is 1.62 bits per heavy atom. The first-order valence-electron chi connectivity index (χ1n) is 20.9. The summed E-state index contributed by atoms with van der Waals surface area (Å²) in [6, 6.07) is 66.2. The molecule has 3 aromatic heterocycles. The summed E-state index contributed by atoms with van der Waals surface area (Å²) in [5.74, 6) is 0.693. The quantitative estimate of drug-likeness (QED) is 0.179. The second-order valence-electron chi connectivity index (χ2n) is 16.4. The fraction of sp³-hybridized carbons (Fsp3) is 0.0175. The number of nitrogens with zero attached hydrogens (tertiary/aromatic N) is 4. The molecule has 0 fully saturated rings. The van der Waals surface area contributed by atoms with E-state index in [2.05, 4.69) is 170 Å². The van der Waals surface area contributed by atoms with Crippen LogP contribution in [0.4, 0.5) is 0 Å². The molecule has 14 rings (SSSR count). The Hall–Kier alpha value is -8.08. The normalized spacial score (nSPS) is 13.4. The summed E-state index contributed by atoms with van der Waals surface area (Å²) in [5.41, 5.74) is 21.1. The van der Waals surface area contributed by atoms with Crippen molar-refractivity contribution >= 4 is 32.6 Å². The maximum Gasteiger partial charge on any atom is 0.161 e. The van der Waals surface area contributed by atoms with Crippen molar-refractivity contribution in [2.24, 2.45) is 0 Å². The molecule has 8 aromatic carbocycles. The fourth-order valence-electron chi connectivity index (χ4n) is 11.2. The third kappa shape index (κ3) is 4.23. The van der Waals surface area contributed by atoms with Crippen molar-refractivity contribution in [3.63, 3.8) is 0 Å². The van der Waals surface area contributed by atoms with Gasteiger partial charge in [0, 0.05) is 45.4 Å². The third-order valence-corrected chi connectivity index (χ3v) is 13.5. The monoisotopic (exact) mass is 772 g/mol. The molecule has 0 unspecified atom stereocenters. The van der Waals surface area contributed by atoms with Crippen molar-refractivity contribution in [3.8, 4) is 78.4 Å². The molecular formula is C57H32N4. The average Bonchev–Trinajstić information content (AvgIpc) is 3.93. The van der Waals surface area contributed by atoms with Gasteiger partial charge in [0.05, 0.1) is 27.8 Å². The topological polar surface area (TPSA) is 51.6 Å². The molecule has 0 amide bonds. The maximum absolute atomic E-state index is 5.73.